The lowest BCUT2D eigenvalue weighted by molar-refractivity contribution is 0.143. The second kappa shape index (κ2) is 7.83. The Morgan fingerprint density at radius 2 is 1.11 bits per heavy atom. The zero-order valence-electron chi connectivity index (χ0n) is 14.8. The summed E-state index contributed by atoms with van der Waals surface area (Å²) in [5.41, 5.74) is 1.79. The summed E-state index contributed by atoms with van der Waals surface area (Å²) in [4.78, 5) is 0. The first-order chi connectivity index (χ1) is 13.6. The predicted octanol–water partition coefficient (Wildman–Crippen LogP) is 6.27. The Labute approximate surface area is 176 Å². The van der Waals surface area contributed by atoms with Crippen LogP contribution in [0.5, 0.6) is 0 Å². The van der Waals surface area contributed by atoms with Crippen LogP contribution in [0.1, 0.15) is 28.8 Å². The van der Waals surface area contributed by atoms with Crippen molar-refractivity contribution < 1.29 is 8.78 Å². The van der Waals surface area contributed by atoms with E-state index in [-0.39, 0.29) is 5.69 Å². The van der Waals surface area contributed by atoms with Crippen molar-refractivity contribution >= 4 is 22.6 Å². The number of nitrogens with zero attached hydrogens (tertiary/aromatic N) is 2. The summed E-state index contributed by atoms with van der Waals surface area (Å²) in [6.07, 6.45) is -0.928. The highest BCUT2D eigenvalue weighted by Crippen LogP contribution is 2.41. The number of rotatable bonds is 5. The van der Waals surface area contributed by atoms with Gasteiger partial charge in [0.05, 0.1) is 3.57 Å². The summed E-state index contributed by atoms with van der Waals surface area (Å²) in [6.45, 7) is 0. The molecule has 4 aromatic rings. The van der Waals surface area contributed by atoms with E-state index in [1.54, 1.807) is 10.9 Å². The van der Waals surface area contributed by atoms with Crippen LogP contribution in [-0.2, 0) is 5.54 Å². The molecule has 0 fully saturated rings. The summed E-state index contributed by atoms with van der Waals surface area (Å²) >= 11 is 1.93. The van der Waals surface area contributed by atoms with Gasteiger partial charge in [-0.05, 0) is 39.3 Å². The molecule has 0 unspecified atom stereocenters. The van der Waals surface area contributed by atoms with Crippen LogP contribution in [0, 0.1) is 3.57 Å². The molecule has 4 rings (SSSR count). The summed E-state index contributed by atoms with van der Waals surface area (Å²) in [5.74, 6) is 0. The van der Waals surface area contributed by atoms with Crippen LogP contribution in [-0.4, -0.2) is 9.78 Å². The summed E-state index contributed by atoms with van der Waals surface area (Å²) in [7, 11) is 0. The third-order valence-corrected chi connectivity index (χ3v) is 5.65. The van der Waals surface area contributed by atoms with E-state index in [1.807, 2.05) is 114 Å². The van der Waals surface area contributed by atoms with Gasteiger partial charge in [0, 0.05) is 6.20 Å². The predicted molar refractivity (Wildman–Crippen MR) is 115 cm³/mol. The first kappa shape index (κ1) is 18.8. The van der Waals surface area contributed by atoms with E-state index < -0.39 is 12.0 Å². The van der Waals surface area contributed by atoms with Crippen LogP contribution in [0.4, 0.5) is 8.78 Å². The molecule has 0 atom stereocenters. The standard InChI is InChI=1S/C23H17F2IN2/c24-22(25)21-20(26)16-28(27-21)23(17-10-4-1-5-11-17,18-12-6-2-7-13-18)19-14-8-3-9-15-19/h1-16,22H. The monoisotopic (exact) mass is 486 g/mol. The van der Waals surface area contributed by atoms with Crippen LogP contribution in [0.2, 0.25) is 0 Å². The minimum absolute atomic E-state index is 0.201. The fraction of sp³-hybridized carbons (Fsp3) is 0.0870. The molecule has 0 spiro atoms. The molecule has 5 heteroatoms. The van der Waals surface area contributed by atoms with Crippen LogP contribution < -0.4 is 0 Å². The minimum Gasteiger partial charge on any atom is -0.252 e. The highest BCUT2D eigenvalue weighted by molar-refractivity contribution is 14.1. The van der Waals surface area contributed by atoms with Crippen molar-refractivity contribution in [3.8, 4) is 0 Å². The normalized spacial score (nSPS) is 11.7. The number of aromatic nitrogens is 2. The number of hydrogen-bond acceptors (Lipinski definition) is 1. The second-order valence-electron chi connectivity index (χ2n) is 6.42. The van der Waals surface area contributed by atoms with Crippen LogP contribution in [0.15, 0.2) is 97.2 Å². The van der Waals surface area contributed by atoms with E-state index in [4.69, 9.17) is 0 Å². The molecule has 140 valence electrons. The minimum atomic E-state index is -2.63. The molecule has 28 heavy (non-hydrogen) atoms. The van der Waals surface area contributed by atoms with Gasteiger partial charge < -0.3 is 0 Å². The van der Waals surface area contributed by atoms with E-state index in [0.29, 0.717) is 3.57 Å². The van der Waals surface area contributed by atoms with Crippen molar-refractivity contribution in [3.63, 3.8) is 0 Å². The summed E-state index contributed by atoms with van der Waals surface area (Å²) < 4.78 is 29.2. The van der Waals surface area contributed by atoms with Crippen molar-refractivity contribution in [2.45, 2.75) is 12.0 Å². The van der Waals surface area contributed by atoms with Gasteiger partial charge in [-0.1, -0.05) is 91.0 Å². The molecule has 1 aromatic heterocycles. The fourth-order valence-electron chi connectivity index (χ4n) is 3.62. The van der Waals surface area contributed by atoms with Gasteiger partial charge in [0.25, 0.3) is 6.43 Å². The van der Waals surface area contributed by atoms with Gasteiger partial charge in [0.2, 0.25) is 0 Å². The van der Waals surface area contributed by atoms with E-state index in [1.165, 1.54) is 0 Å². The molecular weight excluding hydrogens is 469 g/mol. The van der Waals surface area contributed by atoms with Crippen molar-refractivity contribution in [1.82, 2.24) is 9.78 Å². The van der Waals surface area contributed by atoms with Gasteiger partial charge in [-0.2, -0.15) is 5.10 Å². The van der Waals surface area contributed by atoms with E-state index in [2.05, 4.69) is 5.10 Å². The Morgan fingerprint density at radius 1 is 0.714 bits per heavy atom. The molecule has 0 aliphatic rings. The first-order valence-electron chi connectivity index (χ1n) is 8.84. The van der Waals surface area contributed by atoms with Crippen LogP contribution >= 0.6 is 22.6 Å². The lowest BCUT2D eigenvalue weighted by atomic mass is 9.77. The molecule has 0 radical (unpaired) electrons. The highest BCUT2D eigenvalue weighted by Gasteiger charge is 2.40. The molecule has 0 aliphatic carbocycles. The molecule has 0 N–H and O–H groups in total. The molecule has 0 amide bonds. The fourth-order valence-corrected chi connectivity index (χ4v) is 4.23. The van der Waals surface area contributed by atoms with Gasteiger partial charge in [-0.25, -0.2) is 8.78 Å². The van der Waals surface area contributed by atoms with Crippen molar-refractivity contribution in [2.75, 3.05) is 0 Å². The summed E-state index contributed by atoms with van der Waals surface area (Å²) in [6, 6.07) is 29.6. The molecule has 0 bridgehead atoms. The maximum atomic E-state index is 13.6. The third kappa shape index (κ3) is 3.13. The Morgan fingerprint density at radius 3 is 1.43 bits per heavy atom. The van der Waals surface area contributed by atoms with Gasteiger partial charge in [-0.3, -0.25) is 4.68 Å². The number of hydrogen-bond donors (Lipinski definition) is 0. The molecule has 0 saturated carbocycles. The molecule has 2 nitrogen and oxygen atoms in total. The highest BCUT2D eigenvalue weighted by atomic mass is 127. The number of halogens is 3. The van der Waals surface area contributed by atoms with Gasteiger partial charge in [0.1, 0.15) is 11.2 Å². The van der Waals surface area contributed by atoms with E-state index in [0.717, 1.165) is 16.7 Å². The van der Waals surface area contributed by atoms with Gasteiger partial charge >= 0.3 is 0 Å². The third-order valence-electron chi connectivity index (χ3n) is 4.82. The van der Waals surface area contributed by atoms with Gasteiger partial charge in [0.15, 0.2) is 0 Å². The topological polar surface area (TPSA) is 17.8 Å². The molecule has 0 saturated heterocycles. The van der Waals surface area contributed by atoms with Crippen molar-refractivity contribution in [1.29, 1.82) is 0 Å². The summed E-state index contributed by atoms with van der Waals surface area (Å²) in [5, 5.41) is 4.37. The SMILES string of the molecule is FC(F)c1nn(C(c2ccccc2)(c2ccccc2)c2ccccc2)cc1I. The zero-order valence-corrected chi connectivity index (χ0v) is 17.0. The van der Waals surface area contributed by atoms with Gasteiger partial charge in [-0.15, -0.1) is 0 Å². The van der Waals surface area contributed by atoms with E-state index >= 15 is 0 Å². The number of alkyl halides is 2. The zero-order chi connectivity index (χ0) is 19.6. The largest absolute Gasteiger partial charge is 0.283 e. The van der Waals surface area contributed by atoms with E-state index in [9.17, 15) is 8.78 Å². The lowest BCUT2D eigenvalue weighted by Gasteiger charge is -2.36. The first-order valence-corrected chi connectivity index (χ1v) is 9.92. The van der Waals surface area contributed by atoms with Crippen LogP contribution in [0.25, 0.3) is 0 Å². The molecule has 0 aliphatic heterocycles. The molecular formula is C23H17F2IN2. The molecule has 1 heterocycles. The lowest BCUT2D eigenvalue weighted by Crippen LogP contribution is -2.38. The average molecular weight is 486 g/mol. The van der Waals surface area contributed by atoms with Crippen molar-refractivity contribution in [3.05, 3.63) is 123 Å². The Bertz CT molecular complexity index is 951. The maximum Gasteiger partial charge on any atom is 0.283 e. The molecule has 3 aromatic carbocycles. The van der Waals surface area contributed by atoms with Crippen LogP contribution in [0.3, 0.4) is 0 Å². The smallest absolute Gasteiger partial charge is 0.252 e. The average Bonchev–Trinajstić information content (AvgIpc) is 3.13. The Balaban J connectivity index is 2.12. The second-order valence-corrected chi connectivity index (χ2v) is 7.58. The Hall–Kier alpha value is -2.54. The Kier molecular flexibility index (Phi) is 5.26. The quantitative estimate of drug-likeness (QED) is 0.240. The number of benzene rings is 3. The van der Waals surface area contributed by atoms with Crippen molar-refractivity contribution in [2.24, 2.45) is 0 Å². The maximum absolute atomic E-state index is 13.6.